The van der Waals surface area contributed by atoms with E-state index in [9.17, 15) is 4.39 Å². The Bertz CT molecular complexity index is 524. The minimum absolute atomic E-state index is 0. The van der Waals surface area contributed by atoms with E-state index in [1.54, 1.807) is 24.9 Å². The maximum atomic E-state index is 13.4. The summed E-state index contributed by atoms with van der Waals surface area (Å²) in [5.74, 6) is 1.39. The number of benzene rings is 1. The number of hydrogen-bond acceptors (Lipinski definition) is 3. The molecule has 2 N–H and O–H groups in total. The van der Waals surface area contributed by atoms with Crippen molar-refractivity contribution in [2.24, 2.45) is 4.99 Å². The summed E-state index contributed by atoms with van der Waals surface area (Å²) < 4.78 is 13.4. The molecule has 144 valence electrons. The van der Waals surface area contributed by atoms with E-state index < -0.39 is 0 Å². The van der Waals surface area contributed by atoms with Crippen LogP contribution in [0.5, 0.6) is 0 Å². The first-order chi connectivity index (χ1) is 11.5. The lowest BCUT2D eigenvalue weighted by Crippen LogP contribution is -2.45. The van der Waals surface area contributed by atoms with Gasteiger partial charge in [-0.05, 0) is 49.5 Å². The summed E-state index contributed by atoms with van der Waals surface area (Å²) in [4.78, 5) is 6.68. The van der Waals surface area contributed by atoms with Crippen LogP contribution < -0.4 is 10.6 Å². The number of hydrogen-bond donors (Lipinski definition) is 2. The van der Waals surface area contributed by atoms with Crippen LogP contribution in [0, 0.1) is 5.82 Å². The molecule has 1 aromatic rings. The minimum Gasteiger partial charge on any atom is -0.355 e. The zero-order valence-electron chi connectivity index (χ0n) is 15.9. The van der Waals surface area contributed by atoms with Gasteiger partial charge in [-0.1, -0.05) is 19.9 Å². The fourth-order valence-corrected chi connectivity index (χ4v) is 3.26. The highest BCUT2D eigenvalue weighted by Gasteiger charge is 2.11. The average Bonchev–Trinajstić information content (AvgIpc) is 2.58. The molecule has 0 radical (unpaired) electrons. The second-order valence-corrected chi connectivity index (χ2v) is 6.59. The van der Waals surface area contributed by atoms with Crippen LogP contribution in [0.1, 0.15) is 31.9 Å². The average molecular weight is 482 g/mol. The van der Waals surface area contributed by atoms with E-state index in [-0.39, 0.29) is 29.8 Å². The second kappa shape index (κ2) is 13.6. The Morgan fingerprint density at radius 1 is 1.24 bits per heavy atom. The van der Waals surface area contributed by atoms with Crippen LogP contribution in [-0.4, -0.2) is 49.8 Å². The first-order valence-corrected chi connectivity index (χ1v) is 9.89. The SMILES string of the molecule is CCN(CC)C(C)CNC(=NC)NCc1ccc(F)cc1CSC.I. The van der Waals surface area contributed by atoms with Gasteiger partial charge in [0.15, 0.2) is 5.96 Å². The van der Waals surface area contributed by atoms with Crippen molar-refractivity contribution >= 4 is 41.7 Å². The van der Waals surface area contributed by atoms with Crippen LogP contribution in [0.3, 0.4) is 0 Å². The van der Waals surface area contributed by atoms with E-state index in [1.807, 2.05) is 12.3 Å². The first-order valence-electron chi connectivity index (χ1n) is 8.50. The predicted octanol–water partition coefficient (Wildman–Crippen LogP) is 3.70. The van der Waals surface area contributed by atoms with Gasteiger partial charge in [-0.2, -0.15) is 11.8 Å². The Balaban J connectivity index is 0.00000576. The fraction of sp³-hybridized carbons (Fsp3) is 0.611. The van der Waals surface area contributed by atoms with E-state index in [4.69, 9.17) is 0 Å². The van der Waals surface area contributed by atoms with Crippen molar-refractivity contribution in [1.29, 1.82) is 0 Å². The summed E-state index contributed by atoms with van der Waals surface area (Å²) in [5, 5.41) is 6.69. The predicted molar refractivity (Wildman–Crippen MR) is 120 cm³/mol. The Morgan fingerprint density at radius 2 is 1.92 bits per heavy atom. The largest absolute Gasteiger partial charge is 0.355 e. The third-order valence-electron chi connectivity index (χ3n) is 4.14. The number of aliphatic imine (C=N–C) groups is 1. The van der Waals surface area contributed by atoms with E-state index in [0.717, 1.165) is 42.5 Å². The van der Waals surface area contributed by atoms with E-state index in [1.165, 1.54) is 6.07 Å². The number of guanidine groups is 1. The van der Waals surface area contributed by atoms with Crippen LogP contribution in [0.2, 0.25) is 0 Å². The highest BCUT2D eigenvalue weighted by molar-refractivity contribution is 14.0. The molecule has 0 aliphatic rings. The first kappa shape index (κ1) is 24.5. The molecular formula is C18H32FIN4S. The van der Waals surface area contributed by atoms with Crippen molar-refractivity contribution in [3.8, 4) is 0 Å². The molecule has 0 saturated heterocycles. The van der Waals surface area contributed by atoms with Gasteiger partial charge in [0.2, 0.25) is 0 Å². The lowest BCUT2D eigenvalue weighted by molar-refractivity contribution is 0.231. The monoisotopic (exact) mass is 482 g/mol. The lowest BCUT2D eigenvalue weighted by atomic mass is 10.1. The van der Waals surface area contributed by atoms with Crippen molar-refractivity contribution in [2.45, 2.75) is 39.1 Å². The Hall–Kier alpha value is -0.540. The van der Waals surface area contributed by atoms with Crippen molar-refractivity contribution in [3.05, 3.63) is 35.1 Å². The van der Waals surface area contributed by atoms with Crippen LogP contribution in [0.15, 0.2) is 23.2 Å². The molecule has 0 bridgehead atoms. The quantitative estimate of drug-likeness (QED) is 0.320. The highest BCUT2D eigenvalue weighted by Crippen LogP contribution is 2.16. The zero-order valence-corrected chi connectivity index (χ0v) is 19.1. The van der Waals surface area contributed by atoms with Gasteiger partial charge in [0.1, 0.15) is 5.82 Å². The van der Waals surface area contributed by atoms with Gasteiger partial charge >= 0.3 is 0 Å². The molecule has 0 aliphatic heterocycles. The molecule has 0 heterocycles. The van der Waals surface area contributed by atoms with Crippen molar-refractivity contribution in [1.82, 2.24) is 15.5 Å². The van der Waals surface area contributed by atoms with Gasteiger partial charge in [-0.3, -0.25) is 9.89 Å². The summed E-state index contributed by atoms with van der Waals surface area (Å²) in [6.45, 7) is 10.1. The van der Waals surface area contributed by atoms with Gasteiger partial charge in [-0.25, -0.2) is 4.39 Å². The smallest absolute Gasteiger partial charge is 0.191 e. The summed E-state index contributed by atoms with van der Waals surface area (Å²) >= 11 is 1.69. The Morgan fingerprint density at radius 3 is 2.48 bits per heavy atom. The fourth-order valence-electron chi connectivity index (χ4n) is 2.68. The highest BCUT2D eigenvalue weighted by atomic mass is 127. The molecule has 1 aromatic carbocycles. The number of likely N-dealkylation sites (N-methyl/N-ethyl adjacent to an activating group) is 1. The molecule has 1 rings (SSSR count). The molecule has 0 amide bonds. The maximum Gasteiger partial charge on any atom is 0.191 e. The molecule has 0 saturated carbocycles. The number of rotatable bonds is 9. The molecule has 7 heteroatoms. The van der Waals surface area contributed by atoms with Crippen LogP contribution in [-0.2, 0) is 12.3 Å². The number of nitrogens with zero attached hydrogens (tertiary/aromatic N) is 2. The molecule has 4 nitrogen and oxygen atoms in total. The lowest BCUT2D eigenvalue weighted by Gasteiger charge is -2.27. The normalized spacial score (nSPS) is 12.7. The third-order valence-corrected chi connectivity index (χ3v) is 4.74. The zero-order chi connectivity index (χ0) is 17.9. The van der Waals surface area contributed by atoms with E-state index in [2.05, 4.69) is 41.3 Å². The van der Waals surface area contributed by atoms with Gasteiger partial charge in [-0.15, -0.1) is 24.0 Å². The molecule has 1 atom stereocenters. The summed E-state index contributed by atoms with van der Waals surface area (Å²) in [6, 6.07) is 5.42. The number of halogens is 2. The van der Waals surface area contributed by atoms with E-state index >= 15 is 0 Å². The maximum absolute atomic E-state index is 13.4. The van der Waals surface area contributed by atoms with Crippen molar-refractivity contribution in [3.63, 3.8) is 0 Å². The Labute approximate surface area is 173 Å². The summed E-state index contributed by atoms with van der Waals surface area (Å²) in [5.41, 5.74) is 2.13. The van der Waals surface area contributed by atoms with Crippen molar-refractivity contribution in [2.75, 3.05) is 32.9 Å². The van der Waals surface area contributed by atoms with Gasteiger partial charge in [0.25, 0.3) is 0 Å². The van der Waals surface area contributed by atoms with Gasteiger partial charge < -0.3 is 10.6 Å². The van der Waals surface area contributed by atoms with E-state index in [0.29, 0.717) is 12.6 Å². The van der Waals surface area contributed by atoms with Crippen LogP contribution in [0.25, 0.3) is 0 Å². The summed E-state index contributed by atoms with van der Waals surface area (Å²) in [6.07, 6.45) is 2.03. The Kier molecular flexibility index (Phi) is 13.3. The van der Waals surface area contributed by atoms with Crippen LogP contribution >= 0.6 is 35.7 Å². The standard InChI is InChI=1S/C18H31FN4S.HI/c1-6-23(7-2)14(3)11-21-18(20-4)22-12-15-8-9-17(19)10-16(15)13-24-5;/h8-10,14H,6-7,11-13H2,1-5H3,(H2,20,21,22);1H. The molecular weight excluding hydrogens is 450 g/mol. The molecule has 0 aromatic heterocycles. The molecule has 1 unspecified atom stereocenters. The minimum atomic E-state index is -0.182. The topological polar surface area (TPSA) is 39.7 Å². The van der Waals surface area contributed by atoms with Gasteiger partial charge in [0, 0.05) is 31.9 Å². The number of thioether (sulfide) groups is 1. The molecule has 25 heavy (non-hydrogen) atoms. The summed E-state index contributed by atoms with van der Waals surface area (Å²) in [7, 11) is 1.77. The third kappa shape index (κ3) is 8.59. The van der Waals surface area contributed by atoms with Crippen LogP contribution in [0.4, 0.5) is 4.39 Å². The van der Waals surface area contributed by atoms with Crippen molar-refractivity contribution < 1.29 is 4.39 Å². The number of nitrogens with one attached hydrogen (secondary N) is 2. The molecule has 0 spiro atoms. The molecule has 0 fully saturated rings. The molecule has 0 aliphatic carbocycles. The van der Waals surface area contributed by atoms with Gasteiger partial charge in [0.05, 0.1) is 0 Å². The second-order valence-electron chi connectivity index (χ2n) is 5.72.